The highest BCUT2D eigenvalue weighted by atomic mass is 32.2. The molecular formula is C19H18N2S. The smallest absolute Gasteiger partial charge is 0.0489 e. The van der Waals surface area contributed by atoms with Gasteiger partial charge in [0.2, 0.25) is 0 Å². The Morgan fingerprint density at radius 1 is 1.05 bits per heavy atom. The molecule has 1 saturated heterocycles. The van der Waals surface area contributed by atoms with Gasteiger partial charge in [0.05, 0.1) is 0 Å². The normalized spacial score (nSPS) is 16.6. The fourth-order valence-corrected chi connectivity index (χ4v) is 3.74. The Bertz CT molecular complexity index is 810. The highest BCUT2D eigenvalue weighted by Gasteiger charge is 2.10. The van der Waals surface area contributed by atoms with E-state index in [-0.39, 0.29) is 0 Å². The number of nitrogens with zero attached hydrogens (tertiary/aromatic N) is 1. The summed E-state index contributed by atoms with van der Waals surface area (Å²) in [6.45, 7) is 1.90. The number of nitrogens with one attached hydrogen (secondary N) is 1. The van der Waals surface area contributed by atoms with E-state index in [1.807, 2.05) is 11.8 Å². The lowest BCUT2D eigenvalue weighted by Crippen LogP contribution is -2.04. The maximum Gasteiger partial charge on any atom is 0.0489 e. The molecule has 22 heavy (non-hydrogen) atoms. The molecule has 0 amide bonds. The molecule has 0 bridgehead atoms. The maximum absolute atomic E-state index is 3.38. The molecule has 3 aromatic rings. The van der Waals surface area contributed by atoms with Gasteiger partial charge >= 0.3 is 0 Å². The first-order valence-corrected chi connectivity index (χ1v) is 8.54. The number of hydrogen-bond acceptors (Lipinski definition) is 2. The van der Waals surface area contributed by atoms with Crippen LogP contribution < -0.4 is 5.32 Å². The van der Waals surface area contributed by atoms with E-state index >= 15 is 0 Å². The van der Waals surface area contributed by atoms with E-state index in [0.29, 0.717) is 0 Å². The molecule has 1 fully saturated rings. The predicted octanol–water partition coefficient (Wildman–Crippen LogP) is 4.32. The molecule has 0 radical (unpaired) electrons. The Labute approximate surface area is 134 Å². The third-order valence-electron chi connectivity index (χ3n) is 3.99. The highest BCUT2D eigenvalue weighted by Crippen LogP contribution is 2.28. The number of benzene rings is 2. The van der Waals surface area contributed by atoms with E-state index < -0.39 is 0 Å². The zero-order chi connectivity index (χ0) is 14.8. The van der Waals surface area contributed by atoms with Crippen molar-refractivity contribution in [2.45, 2.75) is 6.54 Å². The minimum Gasteiger partial charge on any atom is -0.342 e. The summed E-state index contributed by atoms with van der Waals surface area (Å²) in [6, 6.07) is 19.3. The second kappa shape index (κ2) is 6.03. The molecule has 110 valence electrons. The van der Waals surface area contributed by atoms with Gasteiger partial charge in [0, 0.05) is 46.5 Å². The van der Waals surface area contributed by atoms with Gasteiger partial charge in [0.15, 0.2) is 0 Å². The molecule has 0 spiro atoms. The Kier molecular flexibility index (Phi) is 3.75. The molecule has 1 aliphatic heterocycles. The minimum atomic E-state index is 0.913. The molecule has 1 aliphatic rings. The summed E-state index contributed by atoms with van der Waals surface area (Å²) in [4.78, 5) is 1.42. The molecule has 0 atom stereocenters. The van der Waals surface area contributed by atoms with E-state index in [1.54, 1.807) is 0 Å². The van der Waals surface area contributed by atoms with Crippen molar-refractivity contribution in [3.05, 3.63) is 76.8 Å². The molecule has 2 heterocycles. The molecule has 2 aromatic carbocycles. The topological polar surface area (TPSA) is 17.0 Å². The number of rotatable bonds is 3. The molecule has 4 rings (SSSR count). The van der Waals surface area contributed by atoms with Crippen LogP contribution in [-0.2, 0) is 6.54 Å². The Hall–Kier alpha value is -1.97. The van der Waals surface area contributed by atoms with Crippen molar-refractivity contribution in [1.29, 1.82) is 0 Å². The van der Waals surface area contributed by atoms with Crippen molar-refractivity contribution < 1.29 is 0 Å². The van der Waals surface area contributed by atoms with Crippen LogP contribution in [-0.4, -0.2) is 17.0 Å². The van der Waals surface area contributed by atoms with Crippen LogP contribution in [0.1, 0.15) is 11.1 Å². The second-order valence-electron chi connectivity index (χ2n) is 5.54. The maximum atomic E-state index is 3.38. The summed E-state index contributed by atoms with van der Waals surface area (Å²) < 4.78 is 2.35. The van der Waals surface area contributed by atoms with Gasteiger partial charge < -0.3 is 9.88 Å². The van der Waals surface area contributed by atoms with Gasteiger partial charge in [-0.05, 0) is 17.7 Å². The van der Waals surface area contributed by atoms with E-state index in [2.05, 4.69) is 76.8 Å². The van der Waals surface area contributed by atoms with Gasteiger partial charge in [-0.15, -0.1) is 11.8 Å². The summed E-state index contributed by atoms with van der Waals surface area (Å²) in [5, 5.41) is 4.71. The quantitative estimate of drug-likeness (QED) is 0.776. The molecule has 2 nitrogen and oxygen atoms in total. The molecule has 1 aromatic heterocycles. The standard InChI is InChI=1S/C19H18N2S/c1-2-6-15(7-3-1)12-21-13-16(10-17-11-20-14-22-17)18-8-4-5-9-19(18)21/h1-10,13,20H,11-12,14H2. The van der Waals surface area contributed by atoms with Crippen LogP contribution in [0.5, 0.6) is 0 Å². The number of para-hydroxylation sites is 1. The van der Waals surface area contributed by atoms with Crippen LogP contribution in [0.25, 0.3) is 17.0 Å². The lowest BCUT2D eigenvalue weighted by atomic mass is 10.1. The average Bonchev–Trinajstić information content (AvgIpc) is 3.18. The zero-order valence-corrected chi connectivity index (χ0v) is 13.1. The lowest BCUT2D eigenvalue weighted by molar-refractivity contribution is 0.836. The van der Waals surface area contributed by atoms with Crippen LogP contribution in [0.3, 0.4) is 0 Å². The molecule has 0 aliphatic carbocycles. The number of fused-ring (bicyclic) bond motifs is 1. The van der Waals surface area contributed by atoms with Crippen LogP contribution in [0.2, 0.25) is 0 Å². The van der Waals surface area contributed by atoms with Gasteiger partial charge in [-0.25, -0.2) is 0 Å². The zero-order valence-electron chi connectivity index (χ0n) is 12.3. The Morgan fingerprint density at radius 2 is 1.86 bits per heavy atom. The van der Waals surface area contributed by atoms with Crippen LogP contribution in [0, 0.1) is 0 Å². The Morgan fingerprint density at radius 3 is 2.68 bits per heavy atom. The SMILES string of the molecule is C(=C1CNCS1)c1cn(Cc2ccccc2)c2ccccc12. The fourth-order valence-electron chi connectivity index (χ4n) is 2.94. The lowest BCUT2D eigenvalue weighted by Gasteiger charge is -2.05. The summed E-state index contributed by atoms with van der Waals surface area (Å²) in [6.07, 6.45) is 4.61. The van der Waals surface area contributed by atoms with Crippen molar-refractivity contribution in [2.75, 3.05) is 12.4 Å². The van der Waals surface area contributed by atoms with E-state index in [4.69, 9.17) is 0 Å². The van der Waals surface area contributed by atoms with Crippen molar-refractivity contribution in [2.24, 2.45) is 0 Å². The number of aromatic nitrogens is 1. The first-order valence-electron chi connectivity index (χ1n) is 7.56. The average molecular weight is 306 g/mol. The van der Waals surface area contributed by atoms with Gasteiger partial charge in [0.1, 0.15) is 0 Å². The predicted molar refractivity (Wildman–Crippen MR) is 95.9 cm³/mol. The first-order chi connectivity index (χ1) is 10.9. The van der Waals surface area contributed by atoms with Crippen molar-refractivity contribution in [1.82, 2.24) is 9.88 Å². The van der Waals surface area contributed by atoms with Crippen LogP contribution >= 0.6 is 11.8 Å². The van der Waals surface area contributed by atoms with Crippen molar-refractivity contribution >= 4 is 28.7 Å². The van der Waals surface area contributed by atoms with Gasteiger partial charge in [-0.3, -0.25) is 0 Å². The van der Waals surface area contributed by atoms with Crippen molar-refractivity contribution in [3.8, 4) is 0 Å². The van der Waals surface area contributed by atoms with Crippen LogP contribution in [0.4, 0.5) is 0 Å². The van der Waals surface area contributed by atoms with Crippen molar-refractivity contribution in [3.63, 3.8) is 0 Å². The largest absolute Gasteiger partial charge is 0.342 e. The van der Waals surface area contributed by atoms with E-state index in [0.717, 1.165) is 19.0 Å². The molecule has 1 N–H and O–H groups in total. The highest BCUT2D eigenvalue weighted by molar-refractivity contribution is 8.03. The summed E-state index contributed by atoms with van der Waals surface area (Å²) in [5.74, 6) is 1.02. The second-order valence-corrected chi connectivity index (χ2v) is 6.64. The van der Waals surface area contributed by atoms with E-state index in [1.165, 1.54) is 26.9 Å². The minimum absolute atomic E-state index is 0.913. The first kappa shape index (κ1) is 13.7. The molecule has 0 saturated carbocycles. The third-order valence-corrected chi connectivity index (χ3v) is 4.97. The van der Waals surface area contributed by atoms with Gasteiger partial charge in [-0.2, -0.15) is 0 Å². The summed E-state index contributed by atoms with van der Waals surface area (Å²) in [5.41, 5.74) is 3.95. The van der Waals surface area contributed by atoms with Gasteiger partial charge in [0.25, 0.3) is 0 Å². The fraction of sp³-hybridized carbons (Fsp3) is 0.158. The number of hydrogen-bond donors (Lipinski definition) is 1. The van der Waals surface area contributed by atoms with E-state index in [9.17, 15) is 0 Å². The monoisotopic (exact) mass is 306 g/mol. The molecular weight excluding hydrogens is 288 g/mol. The third kappa shape index (κ3) is 2.70. The van der Waals surface area contributed by atoms with Crippen LogP contribution in [0.15, 0.2) is 65.7 Å². The molecule has 3 heteroatoms. The number of thioether (sulfide) groups is 1. The summed E-state index contributed by atoms with van der Waals surface area (Å²) in [7, 11) is 0. The Balaban J connectivity index is 1.77. The molecule has 0 unspecified atom stereocenters. The van der Waals surface area contributed by atoms with Gasteiger partial charge in [-0.1, -0.05) is 48.5 Å². The summed E-state index contributed by atoms with van der Waals surface area (Å²) >= 11 is 1.90.